The van der Waals surface area contributed by atoms with Crippen LogP contribution in [0.5, 0.6) is 5.75 Å². The number of fused-ring (bicyclic) bond motifs is 1. The average Bonchev–Trinajstić information content (AvgIpc) is 2.26. The molecule has 0 saturated heterocycles. The van der Waals surface area contributed by atoms with Gasteiger partial charge < -0.3 is 15.2 Å². The van der Waals surface area contributed by atoms with Crippen molar-refractivity contribution in [2.75, 3.05) is 19.8 Å². The van der Waals surface area contributed by atoms with Gasteiger partial charge in [-0.25, -0.2) is 0 Å². The van der Waals surface area contributed by atoms with Crippen molar-refractivity contribution in [2.45, 2.75) is 13.0 Å². The normalized spacial score (nSPS) is 14.9. The summed E-state index contributed by atoms with van der Waals surface area (Å²) in [6.07, 6.45) is 0.981. The second-order valence-electron chi connectivity index (χ2n) is 3.37. The van der Waals surface area contributed by atoms with E-state index in [1.54, 1.807) is 0 Å². The predicted molar refractivity (Wildman–Crippen MR) is 54.4 cm³/mol. The van der Waals surface area contributed by atoms with Crippen LogP contribution in [0.25, 0.3) is 0 Å². The summed E-state index contributed by atoms with van der Waals surface area (Å²) >= 11 is 0. The monoisotopic (exact) mass is 193 g/mol. The Balaban J connectivity index is 2.12. The molecule has 1 aromatic rings. The van der Waals surface area contributed by atoms with Crippen molar-refractivity contribution in [1.29, 1.82) is 0 Å². The molecule has 0 aromatic heterocycles. The molecule has 2 N–H and O–H groups in total. The van der Waals surface area contributed by atoms with E-state index in [2.05, 4.69) is 12.1 Å². The van der Waals surface area contributed by atoms with Gasteiger partial charge in [-0.1, -0.05) is 6.07 Å². The molecule has 2 rings (SSSR count). The minimum Gasteiger partial charge on any atom is -0.492 e. The van der Waals surface area contributed by atoms with Crippen LogP contribution in [0.3, 0.4) is 0 Å². The minimum absolute atomic E-state index is 0.556. The Kier molecular flexibility index (Phi) is 3.01. The van der Waals surface area contributed by atoms with Gasteiger partial charge in [0.1, 0.15) is 12.4 Å². The first kappa shape index (κ1) is 9.49. The molecule has 0 amide bonds. The molecule has 0 saturated carbocycles. The molecule has 1 aliphatic heterocycles. The van der Waals surface area contributed by atoms with Crippen LogP contribution in [-0.2, 0) is 17.8 Å². The molecule has 3 nitrogen and oxygen atoms in total. The number of nitrogens with two attached hydrogens (primary N) is 1. The van der Waals surface area contributed by atoms with Gasteiger partial charge in [-0.2, -0.15) is 0 Å². The molecule has 14 heavy (non-hydrogen) atoms. The quantitative estimate of drug-likeness (QED) is 0.781. The summed E-state index contributed by atoms with van der Waals surface area (Å²) in [5, 5.41) is 0. The lowest BCUT2D eigenvalue weighted by Gasteiger charge is -2.17. The van der Waals surface area contributed by atoms with E-state index >= 15 is 0 Å². The van der Waals surface area contributed by atoms with Crippen LogP contribution in [0, 0.1) is 0 Å². The van der Waals surface area contributed by atoms with Gasteiger partial charge >= 0.3 is 0 Å². The Labute approximate surface area is 83.8 Å². The smallest absolute Gasteiger partial charge is 0.119 e. The van der Waals surface area contributed by atoms with Gasteiger partial charge in [-0.3, -0.25) is 0 Å². The molecule has 0 unspecified atom stereocenters. The van der Waals surface area contributed by atoms with E-state index in [4.69, 9.17) is 15.2 Å². The Hall–Kier alpha value is -1.06. The molecular formula is C11H15NO2. The van der Waals surface area contributed by atoms with E-state index in [0.29, 0.717) is 13.2 Å². The molecule has 1 heterocycles. The van der Waals surface area contributed by atoms with E-state index in [1.807, 2.05) is 6.07 Å². The first-order valence-electron chi connectivity index (χ1n) is 4.92. The number of rotatable bonds is 3. The Morgan fingerprint density at radius 3 is 3.14 bits per heavy atom. The fourth-order valence-electron chi connectivity index (χ4n) is 1.61. The van der Waals surface area contributed by atoms with Crippen molar-refractivity contribution in [3.63, 3.8) is 0 Å². The van der Waals surface area contributed by atoms with Crippen molar-refractivity contribution >= 4 is 0 Å². The fourth-order valence-corrected chi connectivity index (χ4v) is 1.61. The van der Waals surface area contributed by atoms with Gasteiger partial charge in [0.05, 0.1) is 13.2 Å². The first-order valence-corrected chi connectivity index (χ1v) is 4.92. The zero-order valence-electron chi connectivity index (χ0n) is 8.16. The van der Waals surface area contributed by atoms with Gasteiger partial charge in [0.15, 0.2) is 0 Å². The largest absolute Gasteiger partial charge is 0.492 e. The Bertz CT molecular complexity index is 312. The van der Waals surface area contributed by atoms with E-state index in [0.717, 1.165) is 25.4 Å². The SMILES string of the molecule is NCCOc1ccc2c(c1)CCOC2. The number of hydrogen-bond acceptors (Lipinski definition) is 3. The van der Waals surface area contributed by atoms with Crippen LogP contribution in [0.15, 0.2) is 18.2 Å². The number of ether oxygens (including phenoxy) is 2. The maximum atomic E-state index is 5.46. The summed E-state index contributed by atoms with van der Waals surface area (Å²) in [4.78, 5) is 0. The number of benzene rings is 1. The Morgan fingerprint density at radius 1 is 1.36 bits per heavy atom. The molecule has 0 atom stereocenters. The third-order valence-corrected chi connectivity index (χ3v) is 2.34. The Morgan fingerprint density at radius 2 is 2.29 bits per heavy atom. The highest BCUT2D eigenvalue weighted by Crippen LogP contribution is 2.22. The van der Waals surface area contributed by atoms with Crippen molar-refractivity contribution in [1.82, 2.24) is 0 Å². The van der Waals surface area contributed by atoms with Gasteiger partial charge in [-0.05, 0) is 29.7 Å². The van der Waals surface area contributed by atoms with Crippen LogP contribution in [0.1, 0.15) is 11.1 Å². The summed E-state index contributed by atoms with van der Waals surface area (Å²) in [6, 6.07) is 6.14. The zero-order valence-corrected chi connectivity index (χ0v) is 8.16. The molecule has 76 valence electrons. The second kappa shape index (κ2) is 4.44. The van der Waals surface area contributed by atoms with Crippen molar-refractivity contribution in [2.24, 2.45) is 5.73 Å². The highest BCUT2D eigenvalue weighted by molar-refractivity contribution is 5.36. The third kappa shape index (κ3) is 2.05. The average molecular weight is 193 g/mol. The summed E-state index contributed by atoms with van der Waals surface area (Å²) in [5.41, 5.74) is 7.98. The van der Waals surface area contributed by atoms with Gasteiger partial charge in [0.2, 0.25) is 0 Å². The third-order valence-electron chi connectivity index (χ3n) is 2.34. The number of hydrogen-bond donors (Lipinski definition) is 1. The molecule has 0 aliphatic carbocycles. The minimum atomic E-state index is 0.556. The summed E-state index contributed by atoms with van der Waals surface area (Å²) < 4.78 is 10.8. The summed E-state index contributed by atoms with van der Waals surface area (Å²) in [7, 11) is 0. The lowest BCUT2D eigenvalue weighted by atomic mass is 10.0. The van der Waals surface area contributed by atoms with E-state index < -0.39 is 0 Å². The van der Waals surface area contributed by atoms with Gasteiger partial charge in [-0.15, -0.1) is 0 Å². The highest BCUT2D eigenvalue weighted by atomic mass is 16.5. The van der Waals surface area contributed by atoms with Gasteiger partial charge in [0.25, 0.3) is 0 Å². The van der Waals surface area contributed by atoms with Crippen LogP contribution in [0.4, 0.5) is 0 Å². The maximum Gasteiger partial charge on any atom is 0.119 e. The summed E-state index contributed by atoms with van der Waals surface area (Å²) in [5.74, 6) is 0.913. The van der Waals surface area contributed by atoms with Crippen molar-refractivity contribution in [3.8, 4) is 5.75 Å². The predicted octanol–water partition coefficient (Wildman–Crippen LogP) is 1.10. The molecular weight excluding hydrogens is 178 g/mol. The van der Waals surface area contributed by atoms with Crippen LogP contribution in [0.2, 0.25) is 0 Å². The van der Waals surface area contributed by atoms with E-state index in [9.17, 15) is 0 Å². The van der Waals surface area contributed by atoms with Crippen molar-refractivity contribution in [3.05, 3.63) is 29.3 Å². The van der Waals surface area contributed by atoms with E-state index in [1.165, 1.54) is 11.1 Å². The molecule has 0 spiro atoms. The second-order valence-corrected chi connectivity index (χ2v) is 3.37. The zero-order chi connectivity index (χ0) is 9.80. The van der Waals surface area contributed by atoms with Gasteiger partial charge in [0, 0.05) is 6.54 Å². The van der Waals surface area contributed by atoms with E-state index in [-0.39, 0.29) is 0 Å². The summed E-state index contributed by atoms with van der Waals surface area (Å²) in [6.45, 7) is 2.68. The lowest BCUT2D eigenvalue weighted by molar-refractivity contribution is 0.110. The molecule has 0 radical (unpaired) electrons. The van der Waals surface area contributed by atoms with Crippen LogP contribution >= 0.6 is 0 Å². The molecule has 0 fully saturated rings. The maximum absolute atomic E-state index is 5.46. The molecule has 1 aliphatic rings. The molecule has 3 heteroatoms. The lowest BCUT2D eigenvalue weighted by Crippen LogP contribution is -2.12. The standard InChI is InChI=1S/C11H15NO2/c12-4-6-14-11-2-1-10-8-13-5-3-9(10)7-11/h1-2,7H,3-6,8,12H2. The van der Waals surface area contributed by atoms with Crippen LogP contribution < -0.4 is 10.5 Å². The fraction of sp³-hybridized carbons (Fsp3) is 0.455. The topological polar surface area (TPSA) is 44.5 Å². The van der Waals surface area contributed by atoms with Crippen LogP contribution in [-0.4, -0.2) is 19.8 Å². The van der Waals surface area contributed by atoms with Crippen molar-refractivity contribution < 1.29 is 9.47 Å². The molecule has 1 aromatic carbocycles. The molecule has 0 bridgehead atoms. The first-order chi connectivity index (χ1) is 6.90. The highest BCUT2D eigenvalue weighted by Gasteiger charge is 2.09.